The monoisotopic (exact) mass is 322 g/mol. The predicted octanol–water partition coefficient (Wildman–Crippen LogP) is 2.78. The van der Waals surface area contributed by atoms with E-state index >= 15 is 0 Å². The molecule has 0 amide bonds. The normalized spacial score (nSPS) is 11.3. The molecule has 0 N–H and O–H groups in total. The summed E-state index contributed by atoms with van der Waals surface area (Å²) >= 11 is 3.41. The number of hydrogen-bond donors (Lipinski definition) is 0. The number of aromatic nitrogens is 4. The Morgan fingerprint density at radius 1 is 1.42 bits per heavy atom. The summed E-state index contributed by atoms with van der Waals surface area (Å²) in [5.74, 6) is -0.108. The molecule has 2 rings (SSSR count). The Balaban J connectivity index is 2.18. The van der Waals surface area contributed by atoms with Crippen LogP contribution in [0.1, 0.15) is 30.0 Å². The highest BCUT2D eigenvalue weighted by atomic mass is 79.9. The van der Waals surface area contributed by atoms with Gasteiger partial charge in [0.05, 0.1) is 16.4 Å². The lowest BCUT2D eigenvalue weighted by molar-refractivity contribution is 0.104. The van der Waals surface area contributed by atoms with Crippen molar-refractivity contribution in [3.05, 3.63) is 40.4 Å². The fourth-order valence-corrected chi connectivity index (χ4v) is 2.13. The van der Waals surface area contributed by atoms with E-state index in [1.807, 2.05) is 18.5 Å². The maximum absolute atomic E-state index is 12.0. The SMILES string of the molecule is CCn1ccc(C(=O)/C=C/c2c(Br)cnn2CC)n1. The minimum atomic E-state index is -0.108. The number of halogens is 1. The molecular weight excluding hydrogens is 308 g/mol. The van der Waals surface area contributed by atoms with Gasteiger partial charge in [-0.3, -0.25) is 14.2 Å². The van der Waals surface area contributed by atoms with Crippen molar-refractivity contribution in [2.24, 2.45) is 0 Å². The molecule has 0 aromatic carbocycles. The fraction of sp³-hybridized carbons (Fsp3) is 0.308. The predicted molar refractivity (Wildman–Crippen MR) is 76.9 cm³/mol. The molecule has 6 heteroatoms. The first-order valence-corrected chi connectivity index (χ1v) is 6.92. The number of carbonyl (C=O) groups is 1. The topological polar surface area (TPSA) is 52.7 Å². The quantitative estimate of drug-likeness (QED) is 0.628. The third-order valence-electron chi connectivity index (χ3n) is 2.74. The molecule has 100 valence electrons. The lowest BCUT2D eigenvalue weighted by atomic mass is 10.2. The zero-order valence-corrected chi connectivity index (χ0v) is 12.5. The lowest BCUT2D eigenvalue weighted by Gasteiger charge is -1.99. The van der Waals surface area contributed by atoms with E-state index in [9.17, 15) is 4.79 Å². The van der Waals surface area contributed by atoms with Crippen molar-refractivity contribution in [1.82, 2.24) is 19.6 Å². The standard InChI is InChI=1S/C13H15BrN4O/c1-3-17-8-7-11(16-17)13(19)6-5-12-10(14)9-15-18(12)4-2/h5-9H,3-4H2,1-2H3/b6-5+. The third kappa shape index (κ3) is 3.01. The average Bonchev–Trinajstić information content (AvgIpc) is 3.02. The number of allylic oxidation sites excluding steroid dienone is 1. The van der Waals surface area contributed by atoms with Gasteiger partial charge in [0.15, 0.2) is 0 Å². The summed E-state index contributed by atoms with van der Waals surface area (Å²) < 4.78 is 4.42. The molecule has 5 nitrogen and oxygen atoms in total. The van der Waals surface area contributed by atoms with Gasteiger partial charge in [-0.2, -0.15) is 10.2 Å². The molecule has 2 aromatic rings. The van der Waals surface area contributed by atoms with Crippen molar-refractivity contribution in [1.29, 1.82) is 0 Å². The summed E-state index contributed by atoms with van der Waals surface area (Å²) in [5, 5.41) is 8.37. The first kappa shape index (κ1) is 13.7. The maximum atomic E-state index is 12.0. The molecule has 19 heavy (non-hydrogen) atoms. The smallest absolute Gasteiger partial charge is 0.206 e. The minimum absolute atomic E-state index is 0.108. The Labute approximate surface area is 120 Å². The van der Waals surface area contributed by atoms with Crippen LogP contribution in [0, 0.1) is 0 Å². The lowest BCUT2D eigenvalue weighted by Crippen LogP contribution is -2.01. The van der Waals surface area contributed by atoms with Crippen molar-refractivity contribution in [3.63, 3.8) is 0 Å². The molecule has 0 saturated carbocycles. The van der Waals surface area contributed by atoms with Crippen LogP contribution in [0.4, 0.5) is 0 Å². The molecule has 0 aliphatic rings. The van der Waals surface area contributed by atoms with Crippen molar-refractivity contribution in [3.8, 4) is 0 Å². The molecule has 2 aromatic heterocycles. The Hall–Kier alpha value is -1.69. The number of hydrogen-bond acceptors (Lipinski definition) is 3. The Kier molecular flexibility index (Phi) is 4.31. The van der Waals surface area contributed by atoms with Crippen LogP contribution in [0.25, 0.3) is 6.08 Å². The van der Waals surface area contributed by atoms with Crippen molar-refractivity contribution >= 4 is 27.8 Å². The van der Waals surface area contributed by atoms with E-state index < -0.39 is 0 Å². The van der Waals surface area contributed by atoms with Crippen LogP contribution >= 0.6 is 15.9 Å². The van der Waals surface area contributed by atoms with Gasteiger partial charge in [0, 0.05) is 19.3 Å². The molecule has 0 aliphatic heterocycles. The molecule has 0 aliphatic carbocycles. The van der Waals surface area contributed by atoms with E-state index in [0.717, 1.165) is 23.3 Å². The van der Waals surface area contributed by atoms with Crippen molar-refractivity contribution in [2.45, 2.75) is 26.9 Å². The van der Waals surface area contributed by atoms with E-state index in [-0.39, 0.29) is 5.78 Å². The highest BCUT2D eigenvalue weighted by Gasteiger charge is 2.08. The van der Waals surface area contributed by atoms with Gasteiger partial charge in [-0.15, -0.1) is 0 Å². The minimum Gasteiger partial charge on any atom is -0.287 e. The van der Waals surface area contributed by atoms with Crippen LogP contribution in [0.2, 0.25) is 0 Å². The number of ketones is 1. The second kappa shape index (κ2) is 5.97. The second-order valence-electron chi connectivity index (χ2n) is 3.95. The molecule has 0 atom stereocenters. The van der Waals surface area contributed by atoms with E-state index in [1.54, 1.807) is 29.2 Å². The largest absolute Gasteiger partial charge is 0.287 e. The van der Waals surface area contributed by atoms with Gasteiger partial charge < -0.3 is 0 Å². The van der Waals surface area contributed by atoms with E-state index in [4.69, 9.17) is 0 Å². The van der Waals surface area contributed by atoms with Crippen LogP contribution in [0.5, 0.6) is 0 Å². The van der Waals surface area contributed by atoms with E-state index in [0.29, 0.717) is 5.69 Å². The van der Waals surface area contributed by atoms with E-state index in [1.165, 1.54) is 6.08 Å². The van der Waals surface area contributed by atoms with Gasteiger partial charge in [-0.25, -0.2) is 0 Å². The highest BCUT2D eigenvalue weighted by Crippen LogP contribution is 2.17. The number of carbonyl (C=O) groups excluding carboxylic acids is 1. The number of rotatable bonds is 5. The van der Waals surface area contributed by atoms with Gasteiger partial charge in [0.25, 0.3) is 0 Å². The summed E-state index contributed by atoms with van der Waals surface area (Å²) in [7, 11) is 0. The number of nitrogens with zero attached hydrogens (tertiary/aromatic N) is 4. The van der Waals surface area contributed by atoms with Crippen LogP contribution in [-0.2, 0) is 13.1 Å². The zero-order valence-electron chi connectivity index (χ0n) is 10.9. The van der Waals surface area contributed by atoms with Crippen LogP contribution < -0.4 is 0 Å². The number of aryl methyl sites for hydroxylation is 2. The van der Waals surface area contributed by atoms with Gasteiger partial charge in [0.2, 0.25) is 5.78 Å². The molecule has 0 bridgehead atoms. The first-order valence-electron chi connectivity index (χ1n) is 6.12. The summed E-state index contributed by atoms with van der Waals surface area (Å²) in [6.07, 6.45) is 6.80. The molecule has 0 saturated heterocycles. The zero-order chi connectivity index (χ0) is 13.8. The maximum Gasteiger partial charge on any atom is 0.206 e. The fourth-order valence-electron chi connectivity index (χ4n) is 1.70. The highest BCUT2D eigenvalue weighted by molar-refractivity contribution is 9.10. The molecule has 2 heterocycles. The summed E-state index contributed by atoms with van der Waals surface area (Å²) in [5.41, 5.74) is 1.34. The van der Waals surface area contributed by atoms with Crippen LogP contribution in [0.3, 0.4) is 0 Å². The summed E-state index contributed by atoms with van der Waals surface area (Å²) in [6.45, 7) is 5.49. The van der Waals surface area contributed by atoms with Crippen molar-refractivity contribution in [2.75, 3.05) is 0 Å². The summed E-state index contributed by atoms with van der Waals surface area (Å²) in [4.78, 5) is 12.0. The van der Waals surface area contributed by atoms with Crippen LogP contribution in [0.15, 0.2) is 29.0 Å². The Morgan fingerprint density at radius 2 is 2.21 bits per heavy atom. The molecule has 0 spiro atoms. The van der Waals surface area contributed by atoms with Gasteiger partial charge in [0.1, 0.15) is 5.69 Å². The van der Waals surface area contributed by atoms with Gasteiger partial charge in [-0.1, -0.05) is 0 Å². The van der Waals surface area contributed by atoms with E-state index in [2.05, 4.69) is 26.1 Å². The molecular formula is C13H15BrN4O. The summed E-state index contributed by atoms with van der Waals surface area (Å²) in [6, 6.07) is 1.72. The Morgan fingerprint density at radius 3 is 2.84 bits per heavy atom. The third-order valence-corrected chi connectivity index (χ3v) is 3.35. The Bertz CT molecular complexity index is 612. The molecule has 0 radical (unpaired) electrons. The first-order chi connectivity index (χ1) is 9.15. The average molecular weight is 323 g/mol. The van der Waals surface area contributed by atoms with Crippen molar-refractivity contribution < 1.29 is 4.79 Å². The second-order valence-corrected chi connectivity index (χ2v) is 4.80. The molecule has 0 fully saturated rings. The molecule has 0 unspecified atom stereocenters. The van der Waals surface area contributed by atoms with Gasteiger partial charge >= 0.3 is 0 Å². The van der Waals surface area contributed by atoms with Crippen LogP contribution in [-0.4, -0.2) is 25.3 Å². The van der Waals surface area contributed by atoms with Gasteiger partial charge in [-0.05, 0) is 48.0 Å².